The van der Waals surface area contributed by atoms with Crippen molar-refractivity contribution in [3.8, 4) is 16.9 Å². The van der Waals surface area contributed by atoms with Crippen molar-refractivity contribution in [2.24, 2.45) is 0 Å². The summed E-state index contributed by atoms with van der Waals surface area (Å²) in [5.74, 6) is -0.375. The Morgan fingerprint density at radius 1 is 0.900 bits per heavy atom. The van der Waals surface area contributed by atoms with E-state index in [0.717, 1.165) is 5.56 Å². The minimum absolute atomic E-state index is 0.0493. The van der Waals surface area contributed by atoms with E-state index in [1.807, 2.05) is 30.3 Å². The minimum Gasteiger partial charge on any atom is -0.463 e. The lowest BCUT2D eigenvalue weighted by molar-refractivity contribution is 0.0704. The second-order valence-corrected chi connectivity index (χ2v) is 7.12. The first-order chi connectivity index (χ1) is 14.6. The van der Waals surface area contributed by atoms with Crippen LogP contribution in [-0.4, -0.2) is 5.97 Å². The lowest BCUT2D eigenvalue weighted by Crippen LogP contribution is -2.08. The molecule has 0 aliphatic heterocycles. The van der Waals surface area contributed by atoms with E-state index in [-0.39, 0.29) is 16.9 Å². The Morgan fingerprint density at radius 2 is 1.73 bits per heavy atom. The first-order valence-corrected chi connectivity index (χ1v) is 9.48. The molecule has 5 rings (SSSR count). The fourth-order valence-electron chi connectivity index (χ4n) is 3.26. The van der Waals surface area contributed by atoms with E-state index in [0.29, 0.717) is 32.5 Å². The van der Waals surface area contributed by atoms with E-state index in [2.05, 4.69) is 0 Å². The van der Waals surface area contributed by atoms with Crippen molar-refractivity contribution in [1.29, 1.82) is 0 Å². The van der Waals surface area contributed by atoms with Crippen molar-refractivity contribution < 1.29 is 18.4 Å². The van der Waals surface area contributed by atoms with Crippen molar-refractivity contribution in [3.63, 3.8) is 0 Å². The molecular weight excluding hydrogens is 404 g/mol. The van der Waals surface area contributed by atoms with Crippen LogP contribution in [0, 0.1) is 0 Å². The SMILES string of the molecule is O=C(Oc1ccc2c(=O)c(-c3ccccc3)coc2c1)c1cc2cc(Cl)ccc2o1. The van der Waals surface area contributed by atoms with Gasteiger partial charge in [0.2, 0.25) is 5.76 Å². The van der Waals surface area contributed by atoms with Gasteiger partial charge in [0.25, 0.3) is 0 Å². The van der Waals surface area contributed by atoms with Crippen LogP contribution >= 0.6 is 11.6 Å². The Morgan fingerprint density at radius 3 is 2.57 bits per heavy atom. The van der Waals surface area contributed by atoms with Crippen LogP contribution in [0.2, 0.25) is 5.02 Å². The maximum absolute atomic E-state index is 12.8. The first-order valence-electron chi connectivity index (χ1n) is 9.11. The highest BCUT2D eigenvalue weighted by Crippen LogP contribution is 2.26. The molecule has 0 saturated carbocycles. The lowest BCUT2D eigenvalue weighted by atomic mass is 10.1. The molecule has 0 atom stereocenters. The molecule has 0 N–H and O–H groups in total. The Labute approximate surface area is 175 Å². The van der Waals surface area contributed by atoms with E-state index in [1.165, 1.54) is 12.3 Å². The van der Waals surface area contributed by atoms with Crippen LogP contribution in [-0.2, 0) is 0 Å². The van der Waals surface area contributed by atoms with Gasteiger partial charge < -0.3 is 13.6 Å². The zero-order valence-corrected chi connectivity index (χ0v) is 16.2. The highest BCUT2D eigenvalue weighted by molar-refractivity contribution is 6.31. The summed E-state index contributed by atoms with van der Waals surface area (Å²) in [6.07, 6.45) is 1.41. The van der Waals surface area contributed by atoms with E-state index in [9.17, 15) is 9.59 Å². The lowest BCUT2D eigenvalue weighted by Gasteiger charge is -2.05. The Kier molecular flexibility index (Phi) is 4.38. The summed E-state index contributed by atoms with van der Waals surface area (Å²) in [6, 6.07) is 20.5. The zero-order chi connectivity index (χ0) is 20.7. The average Bonchev–Trinajstić information content (AvgIpc) is 3.18. The second kappa shape index (κ2) is 7.21. The number of halogens is 1. The molecule has 0 fully saturated rings. The fourth-order valence-corrected chi connectivity index (χ4v) is 3.44. The number of ether oxygens (including phenoxy) is 1. The molecule has 2 aromatic heterocycles. The highest BCUT2D eigenvalue weighted by Gasteiger charge is 2.16. The molecule has 3 aromatic carbocycles. The molecule has 0 saturated heterocycles. The summed E-state index contributed by atoms with van der Waals surface area (Å²) < 4.78 is 16.6. The summed E-state index contributed by atoms with van der Waals surface area (Å²) in [5.41, 5.74) is 1.93. The van der Waals surface area contributed by atoms with E-state index in [4.69, 9.17) is 25.2 Å². The molecule has 0 spiro atoms. The van der Waals surface area contributed by atoms with E-state index < -0.39 is 5.97 Å². The average molecular weight is 417 g/mol. The highest BCUT2D eigenvalue weighted by atomic mass is 35.5. The molecule has 30 heavy (non-hydrogen) atoms. The molecule has 5 aromatic rings. The standard InChI is InChI=1S/C24H13ClO5/c25-16-6-9-20-15(10-16)11-22(30-20)24(27)29-17-7-8-18-21(12-17)28-13-19(23(18)26)14-4-2-1-3-5-14/h1-13H. The number of rotatable bonds is 3. The Bertz CT molecular complexity index is 1460. The zero-order valence-electron chi connectivity index (χ0n) is 15.4. The number of hydrogen-bond donors (Lipinski definition) is 0. The topological polar surface area (TPSA) is 69.7 Å². The summed E-state index contributed by atoms with van der Waals surface area (Å²) in [4.78, 5) is 25.3. The van der Waals surface area contributed by atoms with Crippen LogP contribution in [0.15, 0.2) is 92.7 Å². The minimum atomic E-state index is -0.662. The van der Waals surface area contributed by atoms with Gasteiger partial charge >= 0.3 is 5.97 Å². The van der Waals surface area contributed by atoms with Crippen molar-refractivity contribution >= 4 is 39.5 Å². The van der Waals surface area contributed by atoms with E-state index >= 15 is 0 Å². The van der Waals surface area contributed by atoms with Gasteiger partial charge in [0.15, 0.2) is 5.43 Å². The third-order valence-corrected chi connectivity index (χ3v) is 4.96. The van der Waals surface area contributed by atoms with E-state index in [1.54, 1.807) is 36.4 Å². The maximum Gasteiger partial charge on any atom is 0.379 e. The van der Waals surface area contributed by atoms with Gasteiger partial charge in [0.05, 0.1) is 10.9 Å². The largest absolute Gasteiger partial charge is 0.463 e. The van der Waals surface area contributed by atoms with Crippen LogP contribution in [0.5, 0.6) is 5.75 Å². The molecule has 2 heterocycles. The number of furan rings is 1. The molecule has 0 amide bonds. The van der Waals surface area contributed by atoms with Crippen LogP contribution in [0.1, 0.15) is 10.6 Å². The number of esters is 1. The summed E-state index contributed by atoms with van der Waals surface area (Å²) in [7, 11) is 0. The van der Waals surface area contributed by atoms with Crippen LogP contribution in [0.25, 0.3) is 33.1 Å². The fraction of sp³-hybridized carbons (Fsp3) is 0. The number of benzene rings is 3. The molecule has 0 aliphatic carbocycles. The van der Waals surface area contributed by atoms with Gasteiger partial charge in [-0.1, -0.05) is 41.9 Å². The number of hydrogen-bond acceptors (Lipinski definition) is 5. The molecule has 5 nitrogen and oxygen atoms in total. The van der Waals surface area contributed by atoms with Crippen molar-refractivity contribution in [2.75, 3.05) is 0 Å². The second-order valence-electron chi connectivity index (χ2n) is 6.68. The Balaban J connectivity index is 1.46. The monoisotopic (exact) mass is 416 g/mol. The van der Waals surface area contributed by atoms with Gasteiger partial charge in [-0.2, -0.15) is 0 Å². The quantitative estimate of drug-likeness (QED) is 0.263. The third-order valence-electron chi connectivity index (χ3n) is 4.72. The summed E-state index contributed by atoms with van der Waals surface area (Å²) >= 11 is 5.96. The van der Waals surface area contributed by atoms with Crippen LogP contribution in [0.3, 0.4) is 0 Å². The molecule has 0 bridgehead atoms. The van der Waals surface area contributed by atoms with Gasteiger partial charge in [-0.05, 0) is 42.0 Å². The number of carbonyl (C=O) groups excluding carboxylic acids is 1. The maximum atomic E-state index is 12.8. The predicted octanol–water partition coefficient (Wildman–Crippen LogP) is 6.08. The molecule has 0 aliphatic rings. The van der Waals surface area contributed by atoms with Gasteiger partial charge in [-0.25, -0.2) is 4.79 Å². The van der Waals surface area contributed by atoms with Gasteiger partial charge in [-0.15, -0.1) is 0 Å². The van der Waals surface area contributed by atoms with Crippen LogP contribution < -0.4 is 10.2 Å². The van der Waals surface area contributed by atoms with Gasteiger partial charge in [-0.3, -0.25) is 4.79 Å². The smallest absolute Gasteiger partial charge is 0.379 e. The number of fused-ring (bicyclic) bond motifs is 2. The first kappa shape index (κ1) is 18.2. The summed E-state index contributed by atoms with van der Waals surface area (Å²) in [6.45, 7) is 0. The summed E-state index contributed by atoms with van der Waals surface area (Å²) in [5, 5.41) is 1.64. The third kappa shape index (κ3) is 3.25. The van der Waals surface area contributed by atoms with Crippen molar-refractivity contribution in [1.82, 2.24) is 0 Å². The van der Waals surface area contributed by atoms with Gasteiger partial charge in [0.1, 0.15) is 23.2 Å². The van der Waals surface area contributed by atoms with Crippen molar-refractivity contribution in [3.05, 3.63) is 100 Å². The molecule has 0 radical (unpaired) electrons. The normalized spacial score (nSPS) is 11.1. The predicted molar refractivity (Wildman–Crippen MR) is 114 cm³/mol. The molecule has 0 unspecified atom stereocenters. The van der Waals surface area contributed by atoms with Crippen LogP contribution in [0.4, 0.5) is 0 Å². The molecular formula is C24H13ClO5. The van der Waals surface area contributed by atoms with Gasteiger partial charge in [0, 0.05) is 16.5 Å². The Hall–Kier alpha value is -3.83. The number of carbonyl (C=O) groups is 1. The molecule has 146 valence electrons. The van der Waals surface area contributed by atoms with Crippen molar-refractivity contribution in [2.45, 2.75) is 0 Å². The molecule has 6 heteroatoms.